The fourth-order valence-electron chi connectivity index (χ4n) is 7.77. The highest BCUT2D eigenvalue weighted by molar-refractivity contribution is 5.87. The molecule has 15 heteroatoms. The first kappa shape index (κ1) is 37.7. The number of H-pyrrole nitrogens is 2. The van der Waals surface area contributed by atoms with Crippen molar-refractivity contribution in [2.24, 2.45) is 11.8 Å². The van der Waals surface area contributed by atoms with Crippen molar-refractivity contribution in [1.29, 1.82) is 0 Å². The molecule has 2 fully saturated rings. The van der Waals surface area contributed by atoms with Crippen LogP contribution >= 0.6 is 0 Å². The van der Waals surface area contributed by atoms with Crippen LogP contribution in [0.2, 0.25) is 0 Å². The Balaban J connectivity index is 1.05. The SMILES string of the molecule is COC(=O)NC(CN1CCCC1c1nc2ccc(-c3ccc(-c4ccc5nc(C6CCCN6C(=O)C(NC(=O)OC)C(C)C)[nH]c5c4)nn3)cc2[nH]1)C(C)C. The molecule has 0 saturated carbocycles. The minimum atomic E-state index is -0.695. The van der Waals surface area contributed by atoms with Crippen molar-refractivity contribution in [2.75, 3.05) is 33.9 Å². The number of benzene rings is 2. The van der Waals surface area contributed by atoms with E-state index in [1.54, 1.807) is 0 Å². The topological polar surface area (TPSA) is 183 Å². The van der Waals surface area contributed by atoms with Gasteiger partial charge in [-0.25, -0.2) is 19.6 Å². The van der Waals surface area contributed by atoms with Crippen LogP contribution in [0.15, 0.2) is 48.5 Å². The van der Waals surface area contributed by atoms with Crippen LogP contribution in [0.1, 0.15) is 77.1 Å². The summed E-state index contributed by atoms with van der Waals surface area (Å²) >= 11 is 0. The average Bonchev–Trinajstić information content (AvgIpc) is 4.01. The van der Waals surface area contributed by atoms with E-state index in [9.17, 15) is 14.4 Å². The molecular formula is C40H50N10O5. The molecule has 290 valence electrons. The number of aromatic nitrogens is 6. The monoisotopic (exact) mass is 750 g/mol. The number of aromatic amines is 2. The van der Waals surface area contributed by atoms with E-state index < -0.39 is 18.2 Å². The van der Waals surface area contributed by atoms with Crippen molar-refractivity contribution in [2.45, 2.75) is 77.5 Å². The molecule has 2 aliphatic rings. The molecule has 0 spiro atoms. The molecule has 0 radical (unpaired) electrons. The number of carbonyl (C=O) groups is 3. The number of likely N-dealkylation sites (tertiary alicyclic amines) is 2. The standard InChI is InChI=1S/C40H50N10O5/c1-22(2)32(45-39(52)54-5)21-49-17-7-9-33(49)36-41-28-13-11-24(19-30(28)43-36)26-15-16-27(48-47-26)25-12-14-29-31(20-25)44-37(42-29)34-10-8-18-50(34)38(51)35(23(3)4)46-40(53)55-6/h11-16,19-20,22-23,32-35H,7-10,17-18,21H2,1-6H3,(H,41,43)(H,42,44)(H,45,52)(H,46,53). The van der Waals surface area contributed by atoms with E-state index in [1.165, 1.54) is 14.2 Å². The van der Waals surface area contributed by atoms with Crippen molar-refractivity contribution in [3.8, 4) is 22.5 Å². The molecule has 3 amide bonds. The number of alkyl carbamates (subject to hydrolysis) is 2. The van der Waals surface area contributed by atoms with Gasteiger partial charge in [0.2, 0.25) is 5.91 Å². The van der Waals surface area contributed by atoms with Crippen molar-refractivity contribution in [1.82, 2.24) is 50.6 Å². The van der Waals surface area contributed by atoms with Gasteiger partial charge >= 0.3 is 12.2 Å². The summed E-state index contributed by atoms with van der Waals surface area (Å²) in [7, 11) is 2.68. The number of hydrogen-bond acceptors (Lipinski definition) is 10. The maximum atomic E-state index is 13.6. The molecule has 3 aromatic heterocycles. The van der Waals surface area contributed by atoms with Gasteiger partial charge in [0.15, 0.2) is 0 Å². The first-order valence-corrected chi connectivity index (χ1v) is 19.1. The highest BCUT2D eigenvalue weighted by Gasteiger charge is 2.38. The number of methoxy groups -OCH3 is 2. The van der Waals surface area contributed by atoms with Crippen LogP contribution in [-0.4, -0.2) is 104 Å². The van der Waals surface area contributed by atoms with Gasteiger partial charge in [-0.3, -0.25) is 9.69 Å². The van der Waals surface area contributed by atoms with Gasteiger partial charge in [0.25, 0.3) is 0 Å². The molecule has 4 N–H and O–H groups in total. The summed E-state index contributed by atoms with van der Waals surface area (Å²) in [6.07, 6.45) is 2.62. The third-order valence-corrected chi connectivity index (χ3v) is 10.9. The van der Waals surface area contributed by atoms with Crippen molar-refractivity contribution < 1.29 is 23.9 Å². The number of rotatable bonds is 11. The molecule has 15 nitrogen and oxygen atoms in total. The Morgan fingerprint density at radius 2 is 1.29 bits per heavy atom. The summed E-state index contributed by atoms with van der Waals surface area (Å²) in [4.78, 5) is 58.6. The zero-order valence-electron chi connectivity index (χ0n) is 32.3. The van der Waals surface area contributed by atoms with Gasteiger partial charge in [-0.2, -0.15) is 0 Å². The lowest BCUT2D eigenvalue weighted by atomic mass is 10.0. The second kappa shape index (κ2) is 16.0. The van der Waals surface area contributed by atoms with Crippen LogP contribution in [0.5, 0.6) is 0 Å². The highest BCUT2D eigenvalue weighted by atomic mass is 16.5. The molecule has 55 heavy (non-hydrogen) atoms. The van der Waals surface area contributed by atoms with Crippen LogP contribution in [0.25, 0.3) is 44.6 Å². The number of ether oxygens (including phenoxy) is 2. The molecule has 2 aromatic carbocycles. The lowest BCUT2D eigenvalue weighted by Gasteiger charge is -2.30. The third-order valence-electron chi connectivity index (χ3n) is 10.9. The maximum absolute atomic E-state index is 13.6. The van der Waals surface area contributed by atoms with Crippen LogP contribution in [0, 0.1) is 11.8 Å². The normalized spacial score (nSPS) is 18.7. The Kier molecular flexibility index (Phi) is 11.0. The van der Waals surface area contributed by atoms with E-state index in [-0.39, 0.29) is 35.9 Å². The molecule has 7 rings (SSSR count). The van der Waals surface area contributed by atoms with Crippen LogP contribution in [0.4, 0.5) is 9.59 Å². The molecule has 0 bridgehead atoms. The zero-order valence-corrected chi connectivity index (χ0v) is 32.3. The van der Waals surface area contributed by atoms with E-state index in [0.717, 1.165) is 82.6 Å². The lowest BCUT2D eigenvalue weighted by Crippen LogP contribution is -2.51. The second-order valence-electron chi connectivity index (χ2n) is 15.2. The Morgan fingerprint density at radius 3 is 1.84 bits per heavy atom. The molecule has 4 unspecified atom stereocenters. The van der Waals surface area contributed by atoms with E-state index >= 15 is 0 Å². The first-order chi connectivity index (χ1) is 26.5. The van der Waals surface area contributed by atoms with E-state index in [2.05, 4.69) is 55.6 Å². The lowest BCUT2D eigenvalue weighted by molar-refractivity contribution is -0.135. The van der Waals surface area contributed by atoms with Crippen molar-refractivity contribution >= 4 is 40.2 Å². The summed E-state index contributed by atoms with van der Waals surface area (Å²) in [5, 5.41) is 14.9. The maximum Gasteiger partial charge on any atom is 0.407 e. The Bertz CT molecular complexity index is 2160. The van der Waals surface area contributed by atoms with Crippen LogP contribution in [0.3, 0.4) is 0 Å². The fraction of sp³-hybridized carbons (Fsp3) is 0.475. The third kappa shape index (κ3) is 7.97. The average molecular weight is 751 g/mol. The predicted octanol–water partition coefficient (Wildman–Crippen LogP) is 6.12. The molecule has 0 aliphatic carbocycles. The Labute approximate surface area is 320 Å². The van der Waals surface area contributed by atoms with E-state index in [4.69, 9.17) is 19.4 Å². The first-order valence-electron chi connectivity index (χ1n) is 19.1. The fourth-order valence-corrected chi connectivity index (χ4v) is 7.77. The van der Waals surface area contributed by atoms with Gasteiger partial charge in [-0.15, -0.1) is 10.2 Å². The van der Waals surface area contributed by atoms with Gasteiger partial charge < -0.3 is 35.0 Å². The summed E-state index contributed by atoms with van der Waals surface area (Å²) in [5.74, 6) is 1.64. The molecule has 2 saturated heterocycles. The number of hydrogen-bond donors (Lipinski definition) is 4. The predicted molar refractivity (Wildman–Crippen MR) is 208 cm³/mol. The highest BCUT2D eigenvalue weighted by Crippen LogP contribution is 2.35. The summed E-state index contributed by atoms with van der Waals surface area (Å²) < 4.78 is 9.63. The summed E-state index contributed by atoms with van der Waals surface area (Å²) in [6.45, 7) is 10.2. The molecular weight excluding hydrogens is 701 g/mol. The minimum Gasteiger partial charge on any atom is -0.453 e. The largest absolute Gasteiger partial charge is 0.453 e. The van der Waals surface area contributed by atoms with E-state index in [1.807, 2.05) is 61.2 Å². The van der Waals surface area contributed by atoms with Crippen molar-refractivity contribution in [3.05, 3.63) is 60.2 Å². The minimum absolute atomic E-state index is 0.0357. The molecule has 5 heterocycles. The quantitative estimate of drug-likeness (QED) is 0.123. The summed E-state index contributed by atoms with van der Waals surface area (Å²) in [6, 6.07) is 15.1. The zero-order chi connectivity index (χ0) is 38.8. The summed E-state index contributed by atoms with van der Waals surface area (Å²) in [5.41, 5.74) is 6.74. The van der Waals surface area contributed by atoms with Gasteiger partial charge in [-0.1, -0.05) is 39.8 Å². The molecule has 2 aliphatic heterocycles. The van der Waals surface area contributed by atoms with Crippen LogP contribution in [-0.2, 0) is 14.3 Å². The van der Waals surface area contributed by atoms with Crippen LogP contribution < -0.4 is 10.6 Å². The number of nitrogens with one attached hydrogen (secondary N) is 4. The smallest absolute Gasteiger partial charge is 0.407 e. The number of nitrogens with zero attached hydrogens (tertiary/aromatic N) is 6. The number of amides is 3. The molecule has 4 atom stereocenters. The Morgan fingerprint density at radius 1 is 0.745 bits per heavy atom. The molecule has 5 aromatic rings. The Hall–Kier alpha value is -5.57. The van der Waals surface area contributed by atoms with E-state index in [0.29, 0.717) is 18.9 Å². The second-order valence-corrected chi connectivity index (χ2v) is 15.2. The van der Waals surface area contributed by atoms with Gasteiger partial charge in [0.05, 0.1) is 59.8 Å². The van der Waals surface area contributed by atoms with Gasteiger partial charge in [0, 0.05) is 30.3 Å². The number of carbonyl (C=O) groups excluding carboxylic acids is 3. The van der Waals surface area contributed by atoms with Gasteiger partial charge in [-0.05, 0) is 80.5 Å². The number of fused-ring (bicyclic) bond motifs is 2. The van der Waals surface area contributed by atoms with Crippen molar-refractivity contribution in [3.63, 3.8) is 0 Å². The number of imidazole rings is 2. The van der Waals surface area contributed by atoms with Gasteiger partial charge in [0.1, 0.15) is 17.7 Å².